The van der Waals surface area contributed by atoms with Crippen LogP contribution in [0.4, 0.5) is 0 Å². The van der Waals surface area contributed by atoms with Crippen LogP contribution >= 0.6 is 11.5 Å². The Morgan fingerprint density at radius 2 is 2.38 bits per heavy atom. The summed E-state index contributed by atoms with van der Waals surface area (Å²) in [5.41, 5.74) is 1.74. The van der Waals surface area contributed by atoms with Gasteiger partial charge in [0.25, 0.3) is 5.91 Å². The maximum atomic E-state index is 12.8. The van der Waals surface area contributed by atoms with E-state index in [0.717, 1.165) is 43.6 Å². The lowest BCUT2D eigenvalue weighted by Crippen LogP contribution is -2.43. The molecular weight excluding hydrogens is 324 g/mol. The minimum absolute atomic E-state index is 0.0413. The third kappa shape index (κ3) is 4.15. The molecule has 3 heterocycles. The van der Waals surface area contributed by atoms with Gasteiger partial charge in [-0.1, -0.05) is 23.9 Å². The predicted octanol–water partition coefficient (Wildman–Crippen LogP) is 2.71. The van der Waals surface area contributed by atoms with Crippen molar-refractivity contribution >= 4 is 17.4 Å². The fourth-order valence-corrected chi connectivity index (χ4v) is 3.54. The van der Waals surface area contributed by atoms with Crippen LogP contribution in [0.15, 0.2) is 24.4 Å². The number of piperidine rings is 1. The first-order valence-electron chi connectivity index (χ1n) is 8.40. The Labute approximate surface area is 146 Å². The number of nitrogens with zero attached hydrogens (tertiary/aromatic N) is 4. The summed E-state index contributed by atoms with van der Waals surface area (Å²) in [5, 5.41) is 4.10. The molecule has 1 saturated heterocycles. The van der Waals surface area contributed by atoms with Crippen molar-refractivity contribution in [2.24, 2.45) is 0 Å². The van der Waals surface area contributed by atoms with Crippen molar-refractivity contribution in [1.82, 2.24) is 19.5 Å². The van der Waals surface area contributed by atoms with Crippen molar-refractivity contribution in [3.8, 4) is 0 Å². The number of likely N-dealkylation sites (tertiary alicyclic amines) is 1. The molecule has 0 spiro atoms. The van der Waals surface area contributed by atoms with Crippen molar-refractivity contribution in [2.75, 3.05) is 13.1 Å². The molecule has 7 heteroatoms. The number of hydrogen-bond acceptors (Lipinski definition) is 6. The molecule has 0 radical (unpaired) electrons. The van der Waals surface area contributed by atoms with E-state index in [-0.39, 0.29) is 12.0 Å². The van der Waals surface area contributed by atoms with Crippen molar-refractivity contribution in [3.63, 3.8) is 0 Å². The molecule has 2 aromatic rings. The second-order valence-electron chi connectivity index (χ2n) is 5.95. The quantitative estimate of drug-likeness (QED) is 0.804. The maximum absolute atomic E-state index is 12.8. The molecule has 0 aromatic carbocycles. The van der Waals surface area contributed by atoms with Gasteiger partial charge in [-0.3, -0.25) is 9.78 Å². The molecule has 1 aliphatic heterocycles. The van der Waals surface area contributed by atoms with E-state index in [1.54, 1.807) is 6.20 Å². The van der Waals surface area contributed by atoms with Crippen molar-refractivity contribution < 1.29 is 9.53 Å². The number of pyridine rings is 1. The van der Waals surface area contributed by atoms with E-state index < -0.39 is 0 Å². The lowest BCUT2D eigenvalue weighted by Gasteiger charge is -2.32. The molecule has 1 unspecified atom stereocenters. The second kappa shape index (κ2) is 8.30. The highest BCUT2D eigenvalue weighted by Gasteiger charge is 2.28. The van der Waals surface area contributed by atoms with E-state index in [1.807, 2.05) is 23.1 Å². The maximum Gasteiger partial charge on any atom is 0.267 e. The first-order valence-corrected chi connectivity index (χ1v) is 9.17. The Balaban J connectivity index is 1.58. The zero-order valence-corrected chi connectivity index (χ0v) is 14.7. The summed E-state index contributed by atoms with van der Waals surface area (Å²) in [6.45, 7) is 3.95. The highest BCUT2D eigenvalue weighted by Crippen LogP contribution is 2.20. The van der Waals surface area contributed by atoms with Gasteiger partial charge in [-0.05, 0) is 42.9 Å². The highest BCUT2D eigenvalue weighted by molar-refractivity contribution is 7.08. The van der Waals surface area contributed by atoms with E-state index >= 15 is 0 Å². The van der Waals surface area contributed by atoms with Gasteiger partial charge in [0.2, 0.25) is 0 Å². The number of rotatable bonds is 6. The molecule has 2 aromatic heterocycles. The lowest BCUT2D eigenvalue weighted by atomic mass is 10.1. The van der Waals surface area contributed by atoms with Crippen LogP contribution in [0.2, 0.25) is 0 Å². The van der Waals surface area contributed by atoms with E-state index in [9.17, 15) is 4.79 Å². The standard InChI is InChI=1S/C17H22N4O2S/c1-2-6-15-16(24-20-19-15)17(22)21-10-5-8-14(11-21)23-12-13-7-3-4-9-18-13/h3-4,7,9,14H,2,5-6,8,10-12H2,1H3. The van der Waals surface area contributed by atoms with Crippen LogP contribution in [0.1, 0.15) is 47.2 Å². The summed E-state index contributed by atoms with van der Waals surface area (Å²) in [7, 11) is 0. The normalized spacial score (nSPS) is 17.9. The average molecular weight is 346 g/mol. The highest BCUT2D eigenvalue weighted by atomic mass is 32.1. The van der Waals surface area contributed by atoms with Crippen LogP contribution in [0, 0.1) is 0 Å². The summed E-state index contributed by atoms with van der Waals surface area (Å²) < 4.78 is 9.92. The van der Waals surface area contributed by atoms with E-state index in [2.05, 4.69) is 21.5 Å². The smallest absolute Gasteiger partial charge is 0.267 e. The molecule has 24 heavy (non-hydrogen) atoms. The number of hydrogen-bond donors (Lipinski definition) is 0. The zero-order chi connectivity index (χ0) is 16.8. The Bertz CT molecular complexity index is 662. The Hall–Kier alpha value is -1.86. The van der Waals surface area contributed by atoms with Crippen LogP contribution in [0.25, 0.3) is 0 Å². The summed E-state index contributed by atoms with van der Waals surface area (Å²) in [6.07, 6.45) is 5.50. The Morgan fingerprint density at radius 3 is 3.17 bits per heavy atom. The Morgan fingerprint density at radius 1 is 1.46 bits per heavy atom. The fourth-order valence-electron chi connectivity index (χ4n) is 2.86. The van der Waals surface area contributed by atoms with Gasteiger partial charge in [0, 0.05) is 19.3 Å². The number of aromatic nitrogens is 3. The molecule has 3 rings (SSSR count). The third-order valence-corrected chi connectivity index (χ3v) is 4.85. The number of amides is 1. The fraction of sp³-hybridized carbons (Fsp3) is 0.529. The molecule has 128 valence electrons. The van der Waals surface area contributed by atoms with E-state index in [1.165, 1.54) is 11.5 Å². The molecule has 0 aliphatic carbocycles. The SMILES string of the molecule is CCCc1nnsc1C(=O)N1CCCC(OCc2ccccn2)C1. The van der Waals surface area contributed by atoms with Gasteiger partial charge in [0.1, 0.15) is 4.88 Å². The minimum Gasteiger partial charge on any atom is -0.370 e. The number of carbonyl (C=O) groups excluding carboxylic acids is 1. The van der Waals surface area contributed by atoms with Crippen molar-refractivity contribution in [1.29, 1.82) is 0 Å². The summed E-state index contributed by atoms with van der Waals surface area (Å²) in [4.78, 5) is 19.6. The van der Waals surface area contributed by atoms with Gasteiger partial charge in [0.05, 0.1) is 24.1 Å². The van der Waals surface area contributed by atoms with Crippen LogP contribution in [0.5, 0.6) is 0 Å². The number of aryl methyl sites for hydroxylation is 1. The first kappa shape index (κ1) is 17.0. The summed E-state index contributed by atoms with van der Waals surface area (Å²) in [6, 6.07) is 5.79. The van der Waals surface area contributed by atoms with Gasteiger partial charge >= 0.3 is 0 Å². The lowest BCUT2D eigenvalue weighted by molar-refractivity contribution is -0.00775. The molecule has 1 amide bonds. The number of ether oxygens (including phenoxy) is 1. The molecule has 1 aliphatic rings. The van der Waals surface area contributed by atoms with Crippen LogP contribution < -0.4 is 0 Å². The van der Waals surface area contributed by atoms with Gasteiger partial charge in [-0.25, -0.2) is 0 Å². The predicted molar refractivity (Wildman–Crippen MR) is 91.9 cm³/mol. The van der Waals surface area contributed by atoms with Crippen molar-refractivity contribution in [3.05, 3.63) is 40.7 Å². The van der Waals surface area contributed by atoms with Crippen LogP contribution in [-0.4, -0.2) is 44.6 Å². The summed E-state index contributed by atoms with van der Waals surface area (Å²) in [5.74, 6) is 0.0413. The molecule has 0 N–H and O–H groups in total. The number of carbonyl (C=O) groups is 1. The zero-order valence-electron chi connectivity index (χ0n) is 13.9. The summed E-state index contributed by atoms with van der Waals surface area (Å²) >= 11 is 1.20. The van der Waals surface area contributed by atoms with Crippen LogP contribution in [0.3, 0.4) is 0 Å². The molecule has 0 bridgehead atoms. The molecule has 1 atom stereocenters. The van der Waals surface area contributed by atoms with Crippen molar-refractivity contribution in [2.45, 2.75) is 45.3 Å². The van der Waals surface area contributed by atoms with Gasteiger partial charge in [-0.2, -0.15) is 0 Å². The molecule has 0 saturated carbocycles. The van der Waals surface area contributed by atoms with Gasteiger partial charge < -0.3 is 9.64 Å². The average Bonchev–Trinajstić information content (AvgIpc) is 3.09. The third-order valence-electron chi connectivity index (χ3n) is 4.10. The monoisotopic (exact) mass is 346 g/mol. The minimum atomic E-state index is 0.0413. The van der Waals surface area contributed by atoms with Gasteiger partial charge in [0.15, 0.2) is 0 Å². The molecule has 6 nitrogen and oxygen atoms in total. The largest absolute Gasteiger partial charge is 0.370 e. The van der Waals surface area contributed by atoms with E-state index in [0.29, 0.717) is 18.0 Å². The second-order valence-corrected chi connectivity index (χ2v) is 6.70. The van der Waals surface area contributed by atoms with Crippen LogP contribution in [-0.2, 0) is 17.8 Å². The van der Waals surface area contributed by atoms with E-state index in [4.69, 9.17) is 4.74 Å². The topological polar surface area (TPSA) is 68.2 Å². The molecular formula is C17H22N4O2S. The molecule has 1 fully saturated rings. The first-order chi connectivity index (χ1) is 11.8. The van der Waals surface area contributed by atoms with Gasteiger partial charge in [-0.15, -0.1) is 5.10 Å². The Kier molecular flexibility index (Phi) is 5.87.